The Labute approximate surface area is 120 Å². The summed E-state index contributed by atoms with van der Waals surface area (Å²) in [7, 11) is 0. The molecule has 2 N–H and O–H groups in total. The zero-order chi connectivity index (χ0) is 15.3. The number of rotatable bonds is 4. The number of aliphatic hydroxyl groups is 2. The first kappa shape index (κ1) is 18.9. The monoisotopic (exact) mass is 272 g/mol. The Hall–Kier alpha value is -0.0800. The normalized spacial score (nSPS) is 27.6. The zero-order valence-corrected chi connectivity index (χ0v) is 14.2. The van der Waals surface area contributed by atoms with E-state index in [4.69, 9.17) is 10.2 Å². The van der Waals surface area contributed by atoms with Crippen LogP contribution in [-0.2, 0) is 0 Å². The second-order valence-corrected chi connectivity index (χ2v) is 7.58. The molecular weight excluding hydrogens is 236 g/mol. The van der Waals surface area contributed by atoms with Crippen LogP contribution >= 0.6 is 0 Å². The molecule has 1 fully saturated rings. The highest BCUT2D eigenvalue weighted by Crippen LogP contribution is 2.49. The molecule has 0 spiro atoms. The molecule has 0 bridgehead atoms. The molecule has 2 nitrogen and oxygen atoms in total. The van der Waals surface area contributed by atoms with Crippen molar-refractivity contribution in [3.05, 3.63) is 0 Å². The molecule has 19 heavy (non-hydrogen) atoms. The number of hydrogen-bond acceptors (Lipinski definition) is 2. The molecule has 0 aromatic carbocycles. The van der Waals surface area contributed by atoms with Crippen LogP contribution in [0.15, 0.2) is 0 Å². The average molecular weight is 272 g/mol. The smallest absolute Gasteiger partial charge is 0.156 e. The Morgan fingerprint density at radius 2 is 1.68 bits per heavy atom. The first-order chi connectivity index (χ1) is 8.48. The lowest BCUT2D eigenvalue weighted by Crippen LogP contribution is -2.23. The molecule has 1 aliphatic carbocycles. The molecule has 1 rings (SSSR count). The van der Waals surface area contributed by atoms with E-state index in [0.717, 1.165) is 17.8 Å². The second kappa shape index (κ2) is 7.64. The van der Waals surface area contributed by atoms with Crippen molar-refractivity contribution < 1.29 is 10.2 Å². The van der Waals surface area contributed by atoms with E-state index in [1.54, 1.807) is 0 Å². The summed E-state index contributed by atoms with van der Waals surface area (Å²) in [5.41, 5.74) is 0.605. The fraction of sp³-hybridized carbons (Fsp3) is 1.00. The summed E-state index contributed by atoms with van der Waals surface area (Å²) >= 11 is 0. The summed E-state index contributed by atoms with van der Waals surface area (Å²) in [6, 6.07) is 0. The molecule has 0 amide bonds. The van der Waals surface area contributed by atoms with Crippen LogP contribution in [0.1, 0.15) is 80.6 Å². The summed E-state index contributed by atoms with van der Waals surface area (Å²) in [4.78, 5) is 0. The van der Waals surface area contributed by atoms with Crippen LogP contribution in [0.25, 0.3) is 0 Å². The summed E-state index contributed by atoms with van der Waals surface area (Å²) in [5.74, 6) is 1.36. The predicted octanol–water partition coefficient (Wildman–Crippen LogP) is 4.59. The van der Waals surface area contributed by atoms with Gasteiger partial charge >= 0.3 is 0 Å². The highest BCUT2D eigenvalue weighted by molar-refractivity contribution is 4.89. The van der Waals surface area contributed by atoms with Crippen LogP contribution in [0.3, 0.4) is 0 Å². The minimum Gasteiger partial charge on any atom is -0.366 e. The van der Waals surface area contributed by atoms with Crippen LogP contribution in [0.2, 0.25) is 0 Å². The van der Waals surface area contributed by atoms with Crippen molar-refractivity contribution in [2.24, 2.45) is 23.2 Å². The molecule has 0 radical (unpaired) electrons. The van der Waals surface area contributed by atoms with E-state index >= 15 is 0 Å². The van der Waals surface area contributed by atoms with Gasteiger partial charge in [0.1, 0.15) is 0 Å². The highest BCUT2D eigenvalue weighted by atomic mass is 16.5. The highest BCUT2D eigenvalue weighted by Gasteiger charge is 2.39. The summed E-state index contributed by atoms with van der Waals surface area (Å²) in [5, 5.41) is 16.2. The molecule has 1 unspecified atom stereocenters. The van der Waals surface area contributed by atoms with Gasteiger partial charge in [-0.25, -0.2) is 0 Å². The van der Waals surface area contributed by atoms with E-state index in [1.165, 1.54) is 46.0 Å². The third kappa shape index (κ3) is 7.94. The van der Waals surface area contributed by atoms with Gasteiger partial charge < -0.3 is 10.2 Å². The fourth-order valence-electron chi connectivity index (χ4n) is 2.80. The lowest BCUT2D eigenvalue weighted by atomic mass is 9.74. The Bertz CT molecular complexity index is 234. The summed E-state index contributed by atoms with van der Waals surface area (Å²) in [6.07, 6.45) is 7.19. The van der Waals surface area contributed by atoms with Crippen molar-refractivity contribution >= 4 is 0 Å². The van der Waals surface area contributed by atoms with Gasteiger partial charge in [-0.1, -0.05) is 47.5 Å². The van der Waals surface area contributed by atoms with Crippen molar-refractivity contribution in [1.82, 2.24) is 0 Å². The van der Waals surface area contributed by atoms with Gasteiger partial charge in [0.2, 0.25) is 0 Å². The number of hydrogen-bond donors (Lipinski definition) is 2. The van der Waals surface area contributed by atoms with Gasteiger partial charge in [-0.15, -0.1) is 0 Å². The molecule has 3 atom stereocenters. The van der Waals surface area contributed by atoms with Gasteiger partial charge in [-0.05, 0) is 56.3 Å². The van der Waals surface area contributed by atoms with E-state index in [2.05, 4.69) is 34.6 Å². The van der Waals surface area contributed by atoms with Crippen molar-refractivity contribution in [2.75, 3.05) is 0 Å². The van der Waals surface area contributed by atoms with Gasteiger partial charge in [0.05, 0.1) is 0 Å². The Morgan fingerprint density at radius 3 is 2.00 bits per heavy atom. The SMILES string of the molecule is CC(C)(O)O.CC[C@H](C)CC[C@@H]1CCC(C)C1(C)C. The average Bonchev–Trinajstić information content (AvgIpc) is 2.49. The predicted molar refractivity (Wildman–Crippen MR) is 82.9 cm³/mol. The van der Waals surface area contributed by atoms with Gasteiger partial charge in [0, 0.05) is 0 Å². The van der Waals surface area contributed by atoms with Crippen LogP contribution in [0.5, 0.6) is 0 Å². The molecule has 0 aromatic heterocycles. The minimum absolute atomic E-state index is 0.605. The van der Waals surface area contributed by atoms with Crippen molar-refractivity contribution in [2.45, 2.75) is 86.4 Å². The third-order valence-corrected chi connectivity index (χ3v) is 4.98. The lowest BCUT2D eigenvalue weighted by molar-refractivity contribution is -0.127. The van der Waals surface area contributed by atoms with E-state index in [0.29, 0.717) is 5.41 Å². The standard InChI is InChI=1S/C14H28.C3H8O2/c1-6-11(2)7-9-13-10-8-12(3)14(13,4)5;1-3(2,4)5/h11-13H,6-10H2,1-5H3;4-5H,1-2H3/t11-,12?,13+;/m0./s1. The van der Waals surface area contributed by atoms with E-state index in [9.17, 15) is 0 Å². The fourth-order valence-corrected chi connectivity index (χ4v) is 2.80. The second-order valence-electron chi connectivity index (χ2n) is 7.58. The Morgan fingerprint density at radius 1 is 1.21 bits per heavy atom. The van der Waals surface area contributed by atoms with Crippen LogP contribution < -0.4 is 0 Å². The molecule has 0 saturated heterocycles. The van der Waals surface area contributed by atoms with Gasteiger partial charge in [-0.2, -0.15) is 0 Å². The zero-order valence-electron chi connectivity index (χ0n) is 14.2. The maximum absolute atomic E-state index is 8.08. The first-order valence-electron chi connectivity index (χ1n) is 7.93. The molecule has 1 aliphatic rings. The maximum atomic E-state index is 8.08. The van der Waals surface area contributed by atoms with Crippen LogP contribution in [-0.4, -0.2) is 16.0 Å². The van der Waals surface area contributed by atoms with Crippen molar-refractivity contribution in [1.29, 1.82) is 0 Å². The topological polar surface area (TPSA) is 40.5 Å². The molecular formula is C17H36O2. The van der Waals surface area contributed by atoms with E-state index in [1.807, 2.05) is 0 Å². The van der Waals surface area contributed by atoms with Crippen LogP contribution in [0.4, 0.5) is 0 Å². The van der Waals surface area contributed by atoms with Crippen molar-refractivity contribution in [3.8, 4) is 0 Å². The van der Waals surface area contributed by atoms with Crippen molar-refractivity contribution in [3.63, 3.8) is 0 Å². The third-order valence-electron chi connectivity index (χ3n) is 4.98. The quantitative estimate of drug-likeness (QED) is 0.735. The van der Waals surface area contributed by atoms with Gasteiger partial charge in [0.25, 0.3) is 0 Å². The summed E-state index contributed by atoms with van der Waals surface area (Å²) in [6.45, 7) is 14.7. The molecule has 1 saturated carbocycles. The maximum Gasteiger partial charge on any atom is 0.156 e. The molecule has 0 aliphatic heterocycles. The molecule has 116 valence electrons. The van der Waals surface area contributed by atoms with E-state index in [-0.39, 0.29) is 0 Å². The molecule has 2 heteroatoms. The van der Waals surface area contributed by atoms with Gasteiger partial charge in [-0.3, -0.25) is 0 Å². The minimum atomic E-state index is -1.50. The van der Waals surface area contributed by atoms with E-state index < -0.39 is 5.79 Å². The first-order valence-corrected chi connectivity index (χ1v) is 7.93. The molecule has 0 heterocycles. The molecule has 0 aromatic rings. The largest absolute Gasteiger partial charge is 0.366 e. The lowest BCUT2D eigenvalue weighted by Gasteiger charge is -2.32. The van der Waals surface area contributed by atoms with Crippen LogP contribution in [0, 0.1) is 23.2 Å². The van der Waals surface area contributed by atoms with Gasteiger partial charge in [0.15, 0.2) is 5.79 Å². The Balaban J connectivity index is 0.000000555. The summed E-state index contributed by atoms with van der Waals surface area (Å²) < 4.78 is 0. The Kier molecular flexibility index (Phi) is 7.60.